The molecule has 0 aliphatic carbocycles. The summed E-state index contributed by atoms with van der Waals surface area (Å²) in [5.74, 6) is 1.66. The molecule has 25 heavy (non-hydrogen) atoms. The lowest BCUT2D eigenvalue weighted by Crippen LogP contribution is -2.39. The van der Waals surface area contributed by atoms with Crippen molar-refractivity contribution >= 4 is 17.2 Å². The van der Waals surface area contributed by atoms with Crippen LogP contribution in [0.5, 0.6) is 11.5 Å². The molecular weight excluding hydrogens is 334 g/mol. The van der Waals surface area contributed by atoms with E-state index in [1.54, 1.807) is 14.2 Å². The average molecular weight is 359 g/mol. The first kappa shape index (κ1) is 17.8. The fourth-order valence-electron chi connectivity index (χ4n) is 3.57. The number of hydrogen-bond acceptors (Lipinski definition) is 4. The molecule has 1 amide bonds. The van der Waals surface area contributed by atoms with Crippen molar-refractivity contribution in [1.82, 2.24) is 4.90 Å². The highest BCUT2D eigenvalue weighted by molar-refractivity contribution is 7.10. The number of rotatable bonds is 6. The zero-order valence-corrected chi connectivity index (χ0v) is 15.9. The zero-order chi connectivity index (χ0) is 17.8. The Bertz CT molecular complexity index is 740. The maximum absolute atomic E-state index is 12.8. The zero-order valence-electron chi connectivity index (χ0n) is 15.1. The number of carbonyl (C=O) groups is 1. The van der Waals surface area contributed by atoms with Gasteiger partial charge >= 0.3 is 0 Å². The van der Waals surface area contributed by atoms with Crippen molar-refractivity contribution in [3.05, 3.63) is 45.6 Å². The highest BCUT2D eigenvalue weighted by atomic mass is 32.1. The molecule has 3 rings (SSSR count). The molecule has 0 unspecified atom stereocenters. The van der Waals surface area contributed by atoms with Gasteiger partial charge in [0, 0.05) is 17.8 Å². The normalized spacial score (nSPS) is 16.4. The first-order valence-electron chi connectivity index (χ1n) is 8.74. The van der Waals surface area contributed by atoms with Gasteiger partial charge in [-0.1, -0.05) is 13.0 Å². The number of fused-ring (bicyclic) bond motifs is 1. The van der Waals surface area contributed by atoms with Gasteiger partial charge in [0.15, 0.2) is 11.5 Å². The fraction of sp³-hybridized carbons (Fsp3) is 0.450. The summed E-state index contributed by atoms with van der Waals surface area (Å²) in [6, 6.07) is 8.26. The molecule has 1 aliphatic rings. The fourth-order valence-corrected chi connectivity index (χ4v) is 4.49. The Kier molecular flexibility index (Phi) is 5.63. The van der Waals surface area contributed by atoms with E-state index in [-0.39, 0.29) is 11.9 Å². The summed E-state index contributed by atoms with van der Waals surface area (Å²) in [4.78, 5) is 16.3. The number of methoxy groups -OCH3 is 2. The van der Waals surface area contributed by atoms with E-state index in [0.29, 0.717) is 24.3 Å². The van der Waals surface area contributed by atoms with E-state index in [4.69, 9.17) is 9.47 Å². The molecule has 0 radical (unpaired) electrons. The van der Waals surface area contributed by atoms with Crippen LogP contribution in [0.1, 0.15) is 41.8 Å². The van der Waals surface area contributed by atoms with Crippen molar-refractivity contribution in [3.63, 3.8) is 0 Å². The number of thiophene rings is 1. The molecule has 1 aromatic heterocycles. The third kappa shape index (κ3) is 3.66. The third-order valence-electron chi connectivity index (χ3n) is 4.88. The number of ether oxygens (including phenoxy) is 2. The molecule has 2 aromatic rings. The Hall–Kier alpha value is -2.01. The highest BCUT2D eigenvalue weighted by Crippen LogP contribution is 2.35. The maximum Gasteiger partial charge on any atom is 0.223 e. The highest BCUT2D eigenvalue weighted by Gasteiger charge is 2.29. The van der Waals surface area contributed by atoms with Gasteiger partial charge in [0.05, 0.1) is 20.3 Å². The summed E-state index contributed by atoms with van der Waals surface area (Å²) in [5.41, 5.74) is 2.44. The number of carbonyl (C=O) groups excluding carboxylic acids is 1. The van der Waals surface area contributed by atoms with Crippen LogP contribution in [0.2, 0.25) is 0 Å². The lowest BCUT2D eigenvalue weighted by molar-refractivity contribution is -0.134. The van der Waals surface area contributed by atoms with Gasteiger partial charge in [-0.2, -0.15) is 0 Å². The summed E-state index contributed by atoms with van der Waals surface area (Å²) in [6.45, 7) is 2.99. The molecule has 1 aromatic carbocycles. The quantitative estimate of drug-likeness (QED) is 0.774. The molecule has 0 N–H and O–H groups in total. The van der Waals surface area contributed by atoms with Gasteiger partial charge in [-0.25, -0.2) is 0 Å². The van der Waals surface area contributed by atoms with Crippen molar-refractivity contribution < 1.29 is 14.3 Å². The van der Waals surface area contributed by atoms with Gasteiger partial charge in [-0.3, -0.25) is 4.79 Å². The van der Waals surface area contributed by atoms with Crippen LogP contribution >= 0.6 is 11.3 Å². The molecule has 0 saturated heterocycles. The number of benzene rings is 1. The van der Waals surface area contributed by atoms with Gasteiger partial charge < -0.3 is 14.4 Å². The van der Waals surface area contributed by atoms with E-state index in [1.165, 1.54) is 10.4 Å². The van der Waals surface area contributed by atoms with Crippen LogP contribution in [-0.4, -0.2) is 31.6 Å². The second-order valence-electron chi connectivity index (χ2n) is 6.25. The van der Waals surface area contributed by atoms with E-state index in [1.807, 2.05) is 29.5 Å². The summed E-state index contributed by atoms with van der Waals surface area (Å²) in [5, 5.41) is 2.14. The van der Waals surface area contributed by atoms with Gasteiger partial charge in [-0.05, 0) is 54.0 Å². The molecule has 4 nitrogen and oxygen atoms in total. The molecule has 5 heteroatoms. The minimum Gasteiger partial charge on any atom is -0.493 e. The standard InChI is InChI=1S/C20H25NO3S/c1-4-16-15-10-12-25-19(15)9-11-21(16)20(22)8-6-14-5-7-17(23-2)18(13-14)24-3/h5,7,10,12-13,16H,4,6,8-9,11H2,1-3H3/t16-/m0/s1. The van der Waals surface area contributed by atoms with E-state index in [9.17, 15) is 4.79 Å². The van der Waals surface area contributed by atoms with Crippen LogP contribution in [0.15, 0.2) is 29.6 Å². The van der Waals surface area contributed by atoms with E-state index < -0.39 is 0 Å². The van der Waals surface area contributed by atoms with Crippen LogP contribution in [0, 0.1) is 0 Å². The molecule has 2 heterocycles. The number of nitrogens with zero attached hydrogens (tertiary/aromatic N) is 1. The summed E-state index contributed by atoms with van der Waals surface area (Å²) in [7, 11) is 3.26. The SMILES string of the molecule is CC[C@H]1c2ccsc2CCN1C(=O)CCc1ccc(OC)c(OC)c1. The van der Waals surface area contributed by atoms with Crippen LogP contribution in [0.25, 0.3) is 0 Å². The number of aryl methyl sites for hydroxylation is 1. The Labute approximate surface area is 153 Å². The van der Waals surface area contributed by atoms with E-state index >= 15 is 0 Å². The smallest absolute Gasteiger partial charge is 0.223 e. The molecule has 1 aliphatic heterocycles. The van der Waals surface area contributed by atoms with Gasteiger partial charge in [-0.15, -0.1) is 11.3 Å². The number of amides is 1. The lowest BCUT2D eigenvalue weighted by Gasteiger charge is -2.35. The summed E-state index contributed by atoms with van der Waals surface area (Å²) in [6.07, 6.45) is 3.17. The predicted octanol–water partition coefficient (Wildman–Crippen LogP) is 4.23. The van der Waals surface area contributed by atoms with Crippen LogP contribution in [0.3, 0.4) is 0 Å². The van der Waals surface area contributed by atoms with Crippen molar-refractivity contribution in [2.24, 2.45) is 0 Å². The Balaban J connectivity index is 1.67. The minimum absolute atomic E-state index is 0.230. The van der Waals surface area contributed by atoms with Crippen molar-refractivity contribution in [3.8, 4) is 11.5 Å². The van der Waals surface area contributed by atoms with Gasteiger partial charge in [0.25, 0.3) is 0 Å². The van der Waals surface area contributed by atoms with Gasteiger partial charge in [0.1, 0.15) is 0 Å². The Morgan fingerprint density at radius 2 is 2.04 bits per heavy atom. The molecule has 0 spiro atoms. The summed E-state index contributed by atoms with van der Waals surface area (Å²) >= 11 is 1.81. The Morgan fingerprint density at radius 1 is 1.24 bits per heavy atom. The molecule has 0 bridgehead atoms. The van der Waals surface area contributed by atoms with Crippen molar-refractivity contribution in [2.45, 2.75) is 38.6 Å². The van der Waals surface area contributed by atoms with E-state index in [0.717, 1.165) is 24.9 Å². The van der Waals surface area contributed by atoms with Crippen molar-refractivity contribution in [2.75, 3.05) is 20.8 Å². The Morgan fingerprint density at radius 3 is 2.76 bits per heavy atom. The minimum atomic E-state index is 0.230. The van der Waals surface area contributed by atoms with E-state index in [2.05, 4.69) is 23.3 Å². The van der Waals surface area contributed by atoms with Crippen LogP contribution in [-0.2, 0) is 17.6 Å². The average Bonchev–Trinajstić information content (AvgIpc) is 3.13. The summed E-state index contributed by atoms with van der Waals surface area (Å²) < 4.78 is 10.6. The first-order chi connectivity index (χ1) is 12.2. The molecule has 0 saturated carbocycles. The molecular formula is C20H25NO3S. The van der Waals surface area contributed by atoms with Crippen LogP contribution < -0.4 is 9.47 Å². The molecule has 134 valence electrons. The second kappa shape index (κ2) is 7.91. The van der Waals surface area contributed by atoms with Gasteiger partial charge in [0.2, 0.25) is 5.91 Å². The number of hydrogen-bond donors (Lipinski definition) is 0. The lowest BCUT2D eigenvalue weighted by atomic mass is 9.97. The molecule has 0 fully saturated rings. The van der Waals surface area contributed by atoms with Crippen molar-refractivity contribution in [1.29, 1.82) is 0 Å². The maximum atomic E-state index is 12.8. The topological polar surface area (TPSA) is 38.8 Å². The second-order valence-corrected chi connectivity index (χ2v) is 7.25. The first-order valence-corrected chi connectivity index (χ1v) is 9.62. The van der Waals surface area contributed by atoms with Crippen LogP contribution in [0.4, 0.5) is 0 Å². The third-order valence-corrected chi connectivity index (χ3v) is 5.87. The molecule has 1 atom stereocenters. The monoisotopic (exact) mass is 359 g/mol. The largest absolute Gasteiger partial charge is 0.493 e. The predicted molar refractivity (Wildman–Crippen MR) is 101 cm³/mol.